The number of phenolic OH excluding ortho intramolecular Hbond substituents is 1. The first kappa shape index (κ1) is 24.3. The second kappa shape index (κ2) is 10.9. The van der Waals surface area contributed by atoms with Crippen LogP contribution in [0.25, 0.3) is 0 Å². The SMILES string of the molecule is CC(CCN(CC(F)(F)F)c1ccccc1)NCC(O)c1ccc(O)c([S+](C)[O-])c1. The lowest BCUT2D eigenvalue weighted by molar-refractivity contribution is -0.119. The van der Waals surface area contributed by atoms with Crippen LogP contribution in [0, 0.1) is 0 Å². The van der Waals surface area contributed by atoms with Gasteiger partial charge in [0.2, 0.25) is 0 Å². The molecule has 0 aromatic heterocycles. The van der Waals surface area contributed by atoms with E-state index in [9.17, 15) is 27.9 Å². The highest BCUT2D eigenvalue weighted by Crippen LogP contribution is 2.26. The molecule has 0 heterocycles. The Morgan fingerprint density at radius 1 is 1.17 bits per heavy atom. The molecule has 0 aliphatic heterocycles. The van der Waals surface area contributed by atoms with Gasteiger partial charge in [0.05, 0.1) is 6.10 Å². The van der Waals surface area contributed by atoms with Crippen molar-refractivity contribution in [1.82, 2.24) is 5.32 Å². The molecule has 0 saturated heterocycles. The summed E-state index contributed by atoms with van der Waals surface area (Å²) in [6.45, 7) is 1.18. The third-order valence-corrected chi connectivity index (χ3v) is 5.61. The molecule has 5 nitrogen and oxygen atoms in total. The molecular formula is C21H27F3N2O3S. The van der Waals surface area contributed by atoms with Crippen LogP contribution < -0.4 is 10.2 Å². The number of hydrogen-bond donors (Lipinski definition) is 3. The Balaban J connectivity index is 1.91. The standard InChI is InChI=1S/C21H27F3N2O3S/c1-15(10-11-26(14-21(22,23)24)17-6-4-3-5-7-17)25-13-19(28)16-8-9-18(27)20(12-16)30(2)29/h3-9,12,15,19,25,27-28H,10-11,13-14H2,1-2H3. The molecule has 2 aromatic rings. The van der Waals surface area contributed by atoms with Gasteiger partial charge in [-0.3, -0.25) is 0 Å². The van der Waals surface area contributed by atoms with Crippen LogP contribution in [0.4, 0.5) is 18.9 Å². The summed E-state index contributed by atoms with van der Waals surface area (Å²) in [4.78, 5) is 1.53. The average Bonchev–Trinajstić information content (AvgIpc) is 2.69. The summed E-state index contributed by atoms with van der Waals surface area (Å²) in [6, 6.07) is 12.7. The smallest absolute Gasteiger partial charge is 0.405 e. The van der Waals surface area contributed by atoms with Crippen LogP contribution in [0.1, 0.15) is 25.0 Å². The van der Waals surface area contributed by atoms with E-state index in [2.05, 4.69) is 5.32 Å². The van der Waals surface area contributed by atoms with Gasteiger partial charge in [-0.15, -0.1) is 0 Å². The van der Waals surface area contributed by atoms with E-state index in [0.29, 0.717) is 17.7 Å². The quantitative estimate of drug-likeness (QED) is 0.488. The predicted octanol–water partition coefficient (Wildman–Crippen LogP) is 3.60. The molecule has 9 heteroatoms. The summed E-state index contributed by atoms with van der Waals surface area (Å²) >= 11 is -1.39. The van der Waals surface area contributed by atoms with Gasteiger partial charge < -0.3 is 25.0 Å². The van der Waals surface area contributed by atoms with Crippen molar-refractivity contribution in [3.63, 3.8) is 0 Å². The van der Waals surface area contributed by atoms with Gasteiger partial charge in [-0.1, -0.05) is 24.3 Å². The molecule has 0 aliphatic carbocycles. The van der Waals surface area contributed by atoms with Crippen LogP contribution in [-0.2, 0) is 11.2 Å². The second-order valence-corrected chi connectivity index (χ2v) is 8.52. The van der Waals surface area contributed by atoms with Crippen molar-refractivity contribution in [2.75, 3.05) is 30.8 Å². The van der Waals surface area contributed by atoms with Crippen LogP contribution in [-0.4, -0.2) is 52.9 Å². The number of phenols is 1. The normalized spacial score (nSPS) is 14.9. The third-order valence-electron chi connectivity index (χ3n) is 4.66. The second-order valence-electron chi connectivity index (χ2n) is 7.17. The molecule has 2 aromatic carbocycles. The number of nitrogens with one attached hydrogen (secondary N) is 1. The Kier molecular flexibility index (Phi) is 8.84. The zero-order valence-corrected chi connectivity index (χ0v) is 17.7. The summed E-state index contributed by atoms with van der Waals surface area (Å²) < 4.78 is 50.5. The molecule has 3 atom stereocenters. The fourth-order valence-corrected chi connectivity index (χ4v) is 3.67. The fraction of sp³-hybridized carbons (Fsp3) is 0.429. The van der Waals surface area contributed by atoms with E-state index in [1.54, 1.807) is 36.4 Å². The van der Waals surface area contributed by atoms with Crippen molar-refractivity contribution < 1.29 is 27.9 Å². The van der Waals surface area contributed by atoms with Crippen LogP contribution in [0.2, 0.25) is 0 Å². The number of aliphatic hydroxyl groups is 1. The maximum Gasteiger partial charge on any atom is 0.405 e. The number of hydrogen-bond acceptors (Lipinski definition) is 5. The number of para-hydroxylation sites is 1. The molecule has 0 radical (unpaired) electrons. The first-order chi connectivity index (χ1) is 14.1. The number of benzene rings is 2. The molecule has 166 valence electrons. The number of nitrogens with zero attached hydrogens (tertiary/aromatic N) is 1. The van der Waals surface area contributed by atoms with E-state index in [1.807, 2.05) is 6.92 Å². The van der Waals surface area contributed by atoms with Crippen molar-refractivity contribution in [2.45, 2.75) is 36.6 Å². The van der Waals surface area contributed by atoms with Crippen molar-refractivity contribution in [1.29, 1.82) is 0 Å². The Bertz CT molecular complexity index is 791. The molecule has 3 N–H and O–H groups in total. The minimum absolute atomic E-state index is 0.0984. The number of anilines is 1. The Morgan fingerprint density at radius 2 is 1.83 bits per heavy atom. The van der Waals surface area contributed by atoms with Crippen LogP contribution in [0.3, 0.4) is 0 Å². The highest BCUT2D eigenvalue weighted by atomic mass is 32.2. The summed E-state index contributed by atoms with van der Waals surface area (Å²) in [7, 11) is 0. The van der Waals surface area contributed by atoms with E-state index in [-0.39, 0.29) is 29.8 Å². The first-order valence-corrected chi connectivity index (χ1v) is 11.1. The maximum atomic E-state index is 12.9. The van der Waals surface area contributed by atoms with Crippen LogP contribution in [0.5, 0.6) is 5.75 Å². The minimum atomic E-state index is -4.31. The zero-order chi connectivity index (χ0) is 22.3. The Hall–Kier alpha value is -1.94. The van der Waals surface area contributed by atoms with Gasteiger partial charge in [0.15, 0.2) is 10.6 Å². The molecule has 0 saturated carbocycles. The molecule has 30 heavy (non-hydrogen) atoms. The lowest BCUT2D eigenvalue weighted by Gasteiger charge is -2.28. The van der Waals surface area contributed by atoms with Crippen molar-refractivity contribution in [2.24, 2.45) is 0 Å². The number of alkyl halides is 3. The summed E-state index contributed by atoms with van der Waals surface area (Å²) in [5, 5.41) is 23.2. The van der Waals surface area contributed by atoms with E-state index >= 15 is 0 Å². The lowest BCUT2D eigenvalue weighted by Crippen LogP contribution is -2.38. The van der Waals surface area contributed by atoms with Gasteiger partial charge in [-0.25, -0.2) is 0 Å². The van der Waals surface area contributed by atoms with Crippen LogP contribution >= 0.6 is 0 Å². The number of halogens is 3. The molecule has 0 aliphatic rings. The van der Waals surface area contributed by atoms with Crippen LogP contribution in [0.15, 0.2) is 53.4 Å². The Morgan fingerprint density at radius 3 is 2.43 bits per heavy atom. The number of aromatic hydroxyl groups is 1. The molecule has 0 amide bonds. The van der Waals surface area contributed by atoms with Crippen molar-refractivity contribution in [3.05, 3.63) is 54.1 Å². The molecule has 0 spiro atoms. The van der Waals surface area contributed by atoms with Gasteiger partial charge in [-0.2, -0.15) is 13.2 Å². The first-order valence-electron chi connectivity index (χ1n) is 9.51. The molecule has 3 unspecified atom stereocenters. The van der Waals surface area contributed by atoms with E-state index in [0.717, 1.165) is 0 Å². The van der Waals surface area contributed by atoms with E-state index < -0.39 is 30.0 Å². The van der Waals surface area contributed by atoms with E-state index in [1.165, 1.54) is 23.3 Å². The Labute approximate surface area is 177 Å². The predicted molar refractivity (Wildman–Crippen MR) is 112 cm³/mol. The zero-order valence-electron chi connectivity index (χ0n) is 16.9. The molecular weight excluding hydrogens is 417 g/mol. The van der Waals surface area contributed by atoms with E-state index in [4.69, 9.17) is 0 Å². The largest absolute Gasteiger partial charge is 0.612 e. The molecule has 2 rings (SSSR count). The minimum Gasteiger partial charge on any atom is -0.612 e. The van der Waals surface area contributed by atoms with Gasteiger partial charge in [0, 0.05) is 30.9 Å². The fourth-order valence-electron chi connectivity index (χ4n) is 3.01. The highest BCUT2D eigenvalue weighted by Gasteiger charge is 2.31. The third kappa shape index (κ3) is 7.71. The monoisotopic (exact) mass is 444 g/mol. The highest BCUT2D eigenvalue weighted by molar-refractivity contribution is 7.90. The number of rotatable bonds is 10. The average molecular weight is 445 g/mol. The van der Waals surface area contributed by atoms with Crippen molar-refractivity contribution in [3.8, 4) is 5.75 Å². The van der Waals surface area contributed by atoms with Gasteiger partial charge >= 0.3 is 6.18 Å². The van der Waals surface area contributed by atoms with Gasteiger partial charge in [0.25, 0.3) is 0 Å². The molecule has 0 bridgehead atoms. The molecule has 0 fully saturated rings. The van der Waals surface area contributed by atoms with Crippen molar-refractivity contribution >= 4 is 16.9 Å². The van der Waals surface area contributed by atoms with Gasteiger partial charge in [-0.05, 0) is 48.3 Å². The lowest BCUT2D eigenvalue weighted by atomic mass is 10.1. The topological polar surface area (TPSA) is 78.8 Å². The number of aliphatic hydroxyl groups excluding tert-OH is 1. The summed E-state index contributed by atoms with van der Waals surface area (Å²) in [5.74, 6) is -0.0984. The van der Waals surface area contributed by atoms with Gasteiger partial charge in [0.1, 0.15) is 12.8 Å². The maximum absolute atomic E-state index is 12.9. The summed E-state index contributed by atoms with van der Waals surface area (Å²) in [5.41, 5.74) is 1.01. The summed E-state index contributed by atoms with van der Waals surface area (Å²) in [6.07, 6.45) is -3.34.